The van der Waals surface area contributed by atoms with E-state index in [2.05, 4.69) is 10.6 Å². The topological polar surface area (TPSA) is 70.7 Å². The molecule has 1 aliphatic heterocycles. The van der Waals surface area contributed by atoms with Gasteiger partial charge in [0.2, 0.25) is 0 Å². The van der Waals surface area contributed by atoms with E-state index in [0.717, 1.165) is 32.4 Å². The molecule has 6 nitrogen and oxygen atoms in total. The van der Waals surface area contributed by atoms with Gasteiger partial charge in [0.15, 0.2) is 5.11 Å². The Morgan fingerprint density at radius 3 is 2.36 bits per heavy atom. The van der Waals surface area contributed by atoms with Gasteiger partial charge in [-0.1, -0.05) is 61.4 Å². The van der Waals surface area contributed by atoms with Crippen LogP contribution in [0.25, 0.3) is 0 Å². The number of carbonyl (C=O) groups is 2. The van der Waals surface area contributed by atoms with Crippen molar-refractivity contribution in [2.75, 3.05) is 25.0 Å². The molecule has 0 bridgehead atoms. The first-order valence-corrected chi connectivity index (χ1v) is 12.8. The minimum Gasteiger partial charge on any atom is -0.492 e. The fourth-order valence-electron chi connectivity index (χ4n) is 4.22. The molecule has 0 spiro atoms. The second kappa shape index (κ2) is 12.8. The summed E-state index contributed by atoms with van der Waals surface area (Å²) in [5, 5.41) is 5.90. The maximum atomic E-state index is 12.9. The van der Waals surface area contributed by atoms with Crippen molar-refractivity contribution in [3.05, 3.63) is 95.6 Å². The summed E-state index contributed by atoms with van der Waals surface area (Å²) in [6, 6.07) is 24.4. The van der Waals surface area contributed by atoms with Crippen LogP contribution in [0.2, 0.25) is 0 Å². The van der Waals surface area contributed by atoms with E-state index in [1.54, 1.807) is 24.3 Å². The number of rotatable bonds is 7. The highest BCUT2D eigenvalue weighted by Gasteiger charge is 2.18. The standard InChI is InChI=1S/C29H31N3O3S/c33-27(25-15-6-7-16-26(25)35-20-17-22-11-4-3-5-12-22)31-29(36)30-24-14-10-13-23(21-24)28(34)32-18-8-1-2-9-19-32/h3-7,10-16,21H,1-2,8-9,17-20H2,(H2,30,31,33,36). The Bertz CT molecular complexity index is 1190. The van der Waals surface area contributed by atoms with Crippen LogP contribution >= 0.6 is 12.2 Å². The van der Waals surface area contributed by atoms with Gasteiger partial charge in [-0.15, -0.1) is 0 Å². The number of thiocarbonyl (C=S) groups is 1. The molecule has 3 aromatic carbocycles. The first kappa shape index (κ1) is 25.4. The molecule has 2 N–H and O–H groups in total. The zero-order valence-corrected chi connectivity index (χ0v) is 21.1. The number of nitrogens with one attached hydrogen (secondary N) is 2. The number of para-hydroxylation sites is 1. The minimum atomic E-state index is -0.361. The van der Waals surface area contributed by atoms with Crippen LogP contribution in [0.4, 0.5) is 5.69 Å². The summed E-state index contributed by atoms with van der Waals surface area (Å²) >= 11 is 5.38. The lowest BCUT2D eigenvalue weighted by molar-refractivity contribution is 0.0761. The summed E-state index contributed by atoms with van der Waals surface area (Å²) in [6.45, 7) is 2.03. The van der Waals surface area contributed by atoms with Crippen LogP contribution < -0.4 is 15.4 Å². The van der Waals surface area contributed by atoms with Gasteiger partial charge in [0.25, 0.3) is 11.8 Å². The maximum absolute atomic E-state index is 12.9. The zero-order valence-electron chi connectivity index (χ0n) is 20.2. The van der Waals surface area contributed by atoms with Crippen molar-refractivity contribution in [1.29, 1.82) is 0 Å². The van der Waals surface area contributed by atoms with Crippen LogP contribution in [0.15, 0.2) is 78.9 Å². The lowest BCUT2D eigenvalue weighted by Gasteiger charge is -2.20. The average molecular weight is 502 g/mol. The van der Waals surface area contributed by atoms with Gasteiger partial charge in [0.1, 0.15) is 5.75 Å². The van der Waals surface area contributed by atoms with Gasteiger partial charge in [0, 0.05) is 30.8 Å². The van der Waals surface area contributed by atoms with Gasteiger partial charge >= 0.3 is 0 Å². The van der Waals surface area contributed by atoms with E-state index in [4.69, 9.17) is 17.0 Å². The van der Waals surface area contributed by atoms with Gasteiger partial charge < -0.3 is 15.0 Å². The first-order valence-electron chi connectivity index (χ1n) is 12.4. The third kappa shape index (κ3) is 7.15. The Balaban J connectivity index is 1.34. The SMILES string of the molecule is O=C(NC(=S)Nc1cccc(C(=O)N2CCCCCC2)c1)c1ccccc1OCCc1ccccc1. The number of amides is 2. The van der Waals surface area contributed by atoms with Crippen molar-refractivity contribution in [3.8, 4) is 5.75 Å². The molecule has 4 rings (SSSR count). The van der Waals surface area contributed by atoms with Crippen LogP contribution in [0, 0.1) is 0 Å². The fourth-order valence-corrected chi connectivity index (χ4v) is 4.43. The predicted molar refractivity (Wildman–Crippen MR) is 147 cm³/mol. The molecule has 1 heterocycles. The molecule has 1 aliphatic rings. The third-order valence-electron chi connectivity index (χ3n) is 6.11. The summed E-state index contributed by atoms with van der Waals surface area (Å²) in [6.07, 6.45) is 5.15. The van der Waals surface area contributed by atoms with Crippen molar-refractivity contribution in [3.63, 3.8) is 0 Å². The van der Waals surface area contributed by atoms with E-state index in [-0.39, 0.29) is 16.9 Å². The quantitative estimate of drug-likeness (QED) is 0.421. The molecule has 0 radical (unpaired) electrons. The smallest absolute Gasteiger partial charge is 0.261 e. The molecule has 1 saturated heterocycles. The fraction of sp³-hybridized carbons (Fsp3) is 0.276. The second-order valence-corrected chi connectivity index (χ2v) is 9.18. The van der Waals surface area contributed by atoms with Gasteiger partial charge in [-0.05, 0) is 61.0 Å². The number of hydrogen-bond donors (Lipinski definition) is 2. The molecular formula is C29H31N3O3S. The number of likely N-dealkylation sites (tertiary alicyclic amines) is 1. The molecule has 0 atom stereocenters. The van der Waals surface area contributed by atoms with Crippen LogP contribution in [0.1, 0.15) is 52.0 Å². The Hall–Kier alpha value is -3.71. The molecule has 3 aromatic rings. The van der Waals surface area contributed by atoms with E-state index >= 15 is 0 Å². The zero-order chi connectivity index (χ0) is 25.2. The Kier molecular flexibility index (Phi) is 9.05. The van der Waals surface area contributed by atoms with Gasteiger partial charge in [-0.3, -0.25) is 14.9 Å². The largest absolute Gasteiger partial charge is 0.492 e. The molecule has 0 aliphatic carbocycles. The minimum absolute atomic E-state index is 0.0251. The molecule has 0 saturated carbocycles. The van der Waals surface area contributed by atoms with Gasteiger partial charge in [-0.25, -0.2) is 0 Å². The highest BCUT2D eigenvalue weighted by atomic mass is 32.1. The molecule has 1 fully saturated rings. The van der Waals surface area contributed by atoms with E-state index in [1.165, 1.54) is 18.4 Å². The highest BCUT2D eigenvalue weighted by molar-refractivity contribution is 7.80. The summed E-state index contributed by atoms with van der Waals surface area (Å²) in [5.41, 5.74) is 2.82. The molecule has 2 amide bonds. The summed E-state index contributed by atoms with van der Waals surface area (Å²) in [4.78, 5) is 27.8. The van der Waals surface area contributed by atoms with Crippen molar-refractivity contribution < 1.29 is 14.3 Å². The second-order valence-electron chi connectivity index (χ2n) is 8.78. The first-order chi connectivity index (χ1) is 17.6. The maximum Gasteiger partial charge on any atom is 0.261 e. The van der Waals surface area contributed by atoms with E-state index in [9.17, 15) is 9.59 Å². The van der Waals surface area contributed by atoms with Crippen molar-refractivity contribution in [2.24, 2.45) is 0 Å². The molecule has 36 heavy (non-hydrogen) atoms. The molecule has 7 heteroatoms. The number of carbonyl (C=O) groups excluding carboxylic acids is 2. The van der Waals surface area contributed by atoms with Crippen LogP contribution in [-0.4, -0.2) is 41.5 Å². The lowest BCUT2D eigenvalue weighted by Crippen LogP contribution is -2.34. The van der Waals surface area contributed by atoms with Crippen molar-refractivity contribution in [2.45, 2.75) is 32.1 Å². The Morgan fingerprint density at radius 1 is 0.861 bits per heavy atom. The van der Waals surface area contributed by atoms with Crippen LogP contribution in [0.3, 0.4) is 0 Å². The van der Waals surface area contributed by atoms with E-state index in [1.807, 2.05) is 59.5 Å². The predicted octanol–water partition coefficient (Wildman–Crippen LogP) is 5.45. The molecule has 0 aromatic heterocycles. The lowest BCUT2D eigenvalue weighted by atomic mass is 10.1. The van der Waals surface area contributed by atoms with Crippen LogP contribution in [-0.2, 0) is 6.42 Å². The number of benzene rings is 3. The van der Waals surface area contributed by atoms with Gasteiger partial charge in [-0.2, -0.15) is 0 Å². The van der Waals surface area contributed by atoms with E-state index in [0.29, 0.717) is 29.2 Å². The van der Waals surface area contributed by atoms with Gasteiger partial charge in [0.05, 0.1) is 12.2 Å². The van der Waals surface area contributed by atoms with Crippen LogP contribution in [0.5, 0.6) is 5.75 Å². The summed E-state index contributed by atoms with van der Waals surface area (Å²) < 4.78 is 5.90. The molecule has 186 valence electrons. The Labute approximate surface area is 217 Å². The number of ether oxygens (including phenoxy) is 1. The highest BCUT2D eigenvalue weighted by Crippen LogP contribution is 2.19. The van der Waals surface area contributed by atoms with Crippen molar-refractivity contribution in [1.82, 2.24) is 10.2 Å². The Morgan fingerprint density at radius 2 is 1.58 bits per heavy atom. The molecule has 0 unspecified atom stereocenters. The summed E-state index contributed by atoms with van der Waals surface area (Å²) in [5.74, 6) is 0.162. The van der Waals surface area contributed by atoms with E-state index < -0.39 is 0 Å². The third-order valence-corrected chi connectivity index (χ3v) is 6.31. The number of anilines is 1. The normalized spacial score (nSPS) is 13.4. The number of nitrogens with zero attached hydrogens (tertiary/aromatic N) is 1. The summed E-state index contributed by atoms with van der Waals surface area (Å²) in [7, 11) is 0. The number of hydrogen-bond acceptors (Lipinski definition) is 4. The average Bonchev–Trinajstić information content (AvgIpc) is 3.19. The molecular weight excluding hydrogens is 470 g/mol. The monoisotopic (exact) mass is 501 g/mol. The van der Waals surface area contributed by atoms with Crippen molar-refractivity contribution >= 4 is 34.8 Å².